The van der Waals surface area contributed by atoms with Gasteiger partial charge in [0.2, 0.25) is 0 Å². The van der Waals surface area contributed by atoms with Crippen LogP contribution < -0.4 is 0 Å². The molecule has 0 bridgehead atoms. The van der Waals surface area contributed by atoms with Gasteiger partial charge in [-0.2, -0.15) is 0 Å². The summed E-state index contributed by atoms with van der Waals surface area (Å²) in [4.78, 5) is 0. The summed E-state index contributed by atoms with van der Waals surface area (Å²) in [5.41, 5.74) is 0. The van der Waals surface area contributed by atoms with Gasteiger partial charge in [0.05, 0.1) is 0 Å². The molecule has 0 N–H and O–H groups in total. The Labute approximate surface area is 61.9 Å². The SMILES string of the molecule is [O-2].[O-2].[O-2].[Zn+2].[Zr+4]. The number of hydrogen-bond donors (Lipinski definition) is 0. The van der Waals surface area contributed by atoms with E-state index in [9.17, 15) is 0 Å². The van der Waals surface area contributed by atoms with Crippen molar-refractivity contribution >= 4 is 0 Å². The van der Waals surface area contributed by atoms with Gasteiger partial charge >= 0.3 is 45.7 Å². The molecule has 3 nitrogen and oxygen atoms in total. The molecule has 0 aromatic rings. The maximum Gasteiger partial charge on any atom is 4.00 e. The molecule has 0 heterocycles. The molecular formula is O3ZnZr. The van der Waals surface area contributed by atoms with Crippen molar-refractivity contribution in [2.75, 3.05) is 0 Å². The van der Waals surface area contributed by atoms with Crippen LogP contribution in [0.5, 0.6) is 0 Å². The van der Waals surface area contributed by atoms with Gasteiger partial charge in [-0.25, -0.2) is 0 Å². The van der Waals surface area contributed by atoms with E-state index in [-0.39, 0.29) is 62.1 Å². The van der Waals surface area contributed by atoms with E-state index in [0.717, 1.165) is 0 Å². The van der Waals surface area contributed by atoms with Crippen molar-refractivity contribution in [1.29, 1.82) is 0 Å². The molecule has 0 aromatic carbocycles. The molecule has 0 radical (unpaired) electrons. The monoisotopic (exact) mass is 202 g/mol. The third-order valence-corrected chi connectivity index (χ3v) is 0. The standard InChI is InChI=1S/3O.Zn.Zr/q3*-2;+2;+4. The van der Waals surface area contributed by atoms with Crippen LogP contribution in [0.25, 0.3) is 0 Å². The van der Waals surface area contributed by atoms with E-state index >= 15 is 0 Å². The normalized spacial score (nSPS) is 0. The van der Waals surface area contributed by atoms with Gasteiger partial charge < -0.3 is 16.4 Å². The van der Waals surface area contributed by atoms with Crippen LogP contribution in [0, 0.1) is 0 Å². The minimum atomic E-state index is 0. The molecule has 0 saturated carbocycles. The van der Waals surface area contributed by atoms with E-state index < -0.39 is 0 Å². The van der Waals surface area contributed by atoms with Crippen LogP contribution in [0.1, 0.15) is 0 Å². The first-order valence-electron chi connectivity index (χ1n) is 0. The molecule has 0 fully saturated rings. The summed E-state index contributed by atoms with van der Waals surface area (Å²) in [6.45, 7) is 0. The second kappa shape index (κ2) is 53.9. The molecule has 0 amide bonds. The smallest absolute Gasteiger partial charge is 2.00 e. The Morgan fingerprint density at radius 2 is 0.600 bits per heavy atom. The first-order valence-corrected chi connectivity index (χ1v) is 0. The fraction of sp³-hybridized carbons (Fsp3) is 0. The molecule has 5 heteroatoms. The van der Waals surface area contributed by atoms with Crippen molar-refractivity contribution in [2.24, 2.45) is 0 Å². The zero-order valence-corrected chi connectivity index (χ0v) is 7.86. The van der Waals surface area contributed by atoms with Gasteiger partial charge in [-0.15, -0.1) is 0 Å². The summed E-state index contributed by atoms with van der Waals surface area (Å²) in [6, 6.07) is 0. The van der Waals surface area contributed by atoms with Gasteiger partial charge in [-0.05, 0) is 0 Å². The Morgan fingerprint density at radius 1 is 0.600 bits per heavy atom. The molecule has 0 aliphatic heterocycles. The zero-order valence-electron chi connectivity index (χ0n) is 2.43. The van der Waals surface area contributed by atoms with Crippen molar-refractivity contribution in [2.45, 2.75) is 0 Å². The van der Waals surface area contributed by atoms with Crippen molar-refractivity contribution in [1.82, 2.24) is 0 Å². The molecule has 0 atom stereocenters. The van der Waals surface area contributed by atoms with E-state index in [1.165, 1.54) is 0 Å². The Hall–Kier alpha value is 1.39. The summed E-state index contributed by atoms with van der Waals surface area (Å²) >= 11 is 0. The van der Waals surface area contributed by atoms with Crippen LogP contribution in [0.3, 0.4) is 0 Å². The van der Waals surface area contributed by atoms with Crippen LogP contribution >= 0.6 is 0 Å². The summed E-state index contributed by atoms with van der Waals surface area (Å²) in [7, 11) is 0. The number of rotatable bonds is 0. The Bertz CT molecular complexity index is 6.85. The zero-order chi connectivity index (χ0) is 0. The minimum Gasteiger partial charge on any atom is -2.00 e. The van der Waals surface area contributed by atoms with E-state index in [4.69, 9.17) is 0 Å². The predicted molar refractivity (Wildman–Crippen MR) is 2.06 cm³/mol. The molecule has 0 rings (SSSR count). The third kappa shape index (κ3) is 32.1. The average molecular weight is 205 g/mol. The molecule has 5 heavy (non-hydrogen) atoms. The fourth-order valence-electron chi connectivity index (χ4n) is 0. The summed E-state index contributed by atoms with van der Waals surface area (Å²) in [5.74, 6) is 0. The van der Waals surface area contributed by atoms with Crippen LogP contribution in [0.4, 0.5) is 0 Å². The van der Waals surface area contributed by atoms with Crippen molar-refractivity contribution < 1.29 is 62.1 Å². The van der Waals surface area contributed by atoms with Gasteiger partial charge in [0, 0.05) is 0 Å². The van der Waals surface area contributed by atoms with E-state index in [1.807, 2.05) is 0 Å². The molecular weight excluding hydrogens is 205 g/mol. The number of hydrogen-bond acceptors (Lipinski definition) is 0. The summed E-state index contributed by atoms with van der Waals surface area (Å²) in [5, 5.41) is 0. The summed E-state index contributed by atoms with van der Waals surface area (Å²) in [6.07, 6.45) is 0. The molecule has 0 aliphatic carbocycles. The Morgan fingerprint density at radius 3 is 0.600 bits per heavy atom. The Balaban J connectivity index is 0. The van der Waals surface area contributed by atoms with Crippen LogP contribution in [0.15, 0.2) is 0 Å². The first-order chi connectivity index (χ1) is 0. The first kappa shape index (κ1) is 96.4. The molecule has 24 valence electrons. The van der Waals surface area contributed by atoms with Gasteiger partial charge in [0.25, 0.3) is 0 Å². The summed E-state index contributed by atoms with van der Waals surface area (Å²) < 4.78 is 0. The van der Waals surface area contributed by atoms with Gasteiger partial charge in [0.1, 0.15) is 0 Å². The topological polar surface area (TPSA) is 85.5 Å². The van der Waals surface area contributed by atoms with E-state index in [0.29, 0.717) is 0 Å². The van der Waals surface area contributed by atoms with Gasteiger partial charge in [0.15, 0.2) is 0 Å². The van der Waals surface area contributed by atoms with Crippen molar-refractivity contribution in [3.05, 3.63) is 0 Å². The second-order valence-electron chi connectivity index (χ2n) is 0. The quantitative estimate of drug-likeness (QED) is 0.483. The molecule has 0 aromatic heterocycles. The van der Waals surface area contributed by atoms with E-state index in [2.05, 4.69) is 0 Å². The maximum absolute atomic E-state index is 0. The third-order valence-electron chi connectivity index (χ3n) is 0. The maximum atomic E-state index is 0. The largest absolute Gasteiger partial charge is 4.00 e. The van der Waals surface area contributed by atoms with Crippen LogP contribution in [-0.2, 0) is 62.1 Å². The molecule has 0 aliphatic rings. The predicted octanol–water partition coefficient (Wildman–Crippen LogP) is -0.361. The van der Waals surface area contributed by atoms with Crippen LogP contribution in [-0.4, -0.2) is 0 Å². The van der Waals surface area contributed by atoms with Crippen molar-refractivity contribution in [3.8, 4) is 0 Å². The fourth-order valence-corrected chi connectivity index (χ4v) is 0. The van der Waals surface area contributed by atoms with Crippen molar-refractivity contribution in [3.63, 3.8) is 0 Å². The molecule has 0 saturated heterocycles. The second-order valence-corrected chi connectivity index (χ2v) is 0. The molecule has 0 unspecified atom stereocenters. The average Bonchev–Trinajstić information content (AvgIpc) is 0. The molecule has 0 spiro atoms. The Kier molecular flexibility index (Phi) is 1040. The minimum absolute atomic E-state index is 0. The van der Waals surface area contributed by atoms with E-state index in [1.54, 1.807) is 0 Å². The van der Waals surface area contributed by atoms with Gasteiger partial charge in [-0.3, -0.25) is 0 Å². The van der Waals surface area contributed by atoms with Crippen LogP contribution in [0.2, 0.25) is 0 Å². The van der Waals surface area contributed by atoms with Gasteiger partial charge in [-0.1, -0.05) is 0 Å².